The molecule has 2 aliphatic rings. The number of phenolic OH excluding ortho intramolecular Hbond substituents is 2. The maximum absolute atomic E-state index is 12.6. The quantitative estimate of drug-likeness (QED) is 0.645. The molecule has 0 aliphatic heterocycles. The predicted octanol–water partition coefficient (Wildman–Crippen LogP) is 3.46. The molecule has 0 unspecified atom stereocenters. The maximum Gasteiger partial charge on any atom is 0.190 e. The first-order chi connectivity index (χ1) is 11.3. The van der Waals surface area contributed by atoms with Crippen molar-refractivity contribution in [3.63, 3.8) is 0 Å². The molecule has 24 heavy (non-hydrogen) atoms. The van der Waals surface area contributed by atoms with E-state index in [2.05, 4.69) is 0 Å². The molecule has 0 amide bonds. The Morgan fingerprint density at radius 1 is 1.17 bits per heavy atom. The highest BCUT2D eigenvalue weighted by Gasteiger charge is 2.39. The average Bonchev–Trinajstić information content (AvgIpc) is 2.93. The number of hydrogen-bond acceptors (Lipinski definition) is 5. The fraction of sp³-hybridized carbons (Fsp3) is 0.316. The third kappa shape index (κ3) is 1.76. The largest absolute Gasteiger partial charge is 0.506 e. The van der Waals surface area contributed by atoms with E-state index in [9.17, 15) is 20.1 Å². The molecule has 2 aliphatic carbocycles. The van der Waals surface area contributed by atoms with Crippen LogP contribution in [0.5, 0.6) is 11.5 Å². The van der Waals surface area contributed by atoms with E-state index in [0.29, 0.717) is 23.1 Å². The van der Waals surface area contributed by atoms with Gasteiger partial charge in [-0.25, -0.2) is 0 Å². The zero-order valence-electron chi connectivity index (χ0n) is 13.7. The van der Waals surface area contributed by atoms with Crippen molar-refractivity contribution in [2.24, 2.45) is 0 Å². The minimum atomic E-state index is -0.649. The third-order valence-corrected chi connectivity index (χ3v) is 5.33. The first-order valence-electron chi connectivity index (χ1n) is 7.91. The van der Waals surface area contributed by atoms with E-state index in [1.54, 1.807) is 13.0 Å². The van der Waals surface area contributed by atoms with Crippen molar-refractivity contribution in [2.45, 2.75) is 39.2 Å². The summed E-state index contributed by atoms with van der Waals surface area (Å²) in [6, 6.07) is 1.60. The molecular formula is C19H18O5. The van der Waals surface area contributed by atoms with Crippen molar-refractivity contribution in [3.05, 3.63) is 45.7 Å². The van der Waals surface area contributed by atoms with Crippen LogP contribution < -0.4 is 0 Å². The van der Waals surface area contributed by atoms with Gasteiger partial charge in [0.2, 0.25) is 0 Å². The smallest absolute Gasteiger partial charge is 0.190 e. The van der Waals surface area contributed by atoms with Gasteiger partial charge in [0.25, 0.3) is 0 Å². The van der Waals surface area contributed by atoms with Gasteiger partial charge in [-0.2, -0.15) is 0 Å². The molecule has 1 aromatic heterocycles. The van der Waals surface area contributed by atoms with Gasteiger partial charge in [0.05, 0.1) is 17.1 Å². The number of aryl methyl sites for hydroxylation is 1. The SMILES string of the molecule is CC1=C(C)[C@@H](O)C[C@@H]2C1=CC(=O)c1c2c(O)c2oc(C)cc2c1O. The summed E-state index contributed by atoms with van der Waals surface area (Å²) in [4.78, 5) is 12.6. The van der Waals surface area contributed by atoms with Crippen LogP contribution in [0.3, 0.4) is 0 Å². The van der Waals surface area contributed by atoms with Crippen molar-refractivity contribution >= 4 is 16.8 Å². The zero-order valence-corrected chi connectivity index (χ0v) is 13.7. The number of fused-ring (bicyclic) bond motifs is 4. The minimum absolute atomic E-state index is 0.106. The molecule has 0 saturated carbocycles. The van der Waals surface area contributed by atoms with Crippen LogP contribution in [0.1, 0.15) is 47.9 Å². The first-order valence-corrected chi connectivity index (χ1v) is 7.91. The summed E-state index contributed by atoms with van der Waals surface area (Å²) >= 11 is 0. The van der Waals surface area contributed by atoms with Crippen molar-refractivity contribution in [2.75, 3.05) is 0 Å². The molecular weight excluding hydrogens is 308 g/mol. The van der Waals surface area contributed by atoms with E-state index < -0.39 is 6.10 Å². The Morgan fingerprint density at radius 3 is 2.58 bits per heavy atom. The lowest BCUT2D eigenvalue weighted by Crippen LogP contribution is -2.27. The van der Waals surface area contributed by atoms with Crippen molar-refractivity contribution in [3.8, 4) is 11.5 Å². The lowest BCUT2D eigenvalue weighted by atomic mass is 9.70. The summed E-state index contributed by atoms with van der Waals surface area (Å²) in [7, 11) is 0. The molecule has 0 bridgehead atoms. The summed E-state index contributed by atoms with van der Waals surface area (Å²) in [6.07, 6.45) is 1.21. The van der Waals surface area contributed by atoms with E-state index in [1.165, 1.54) is 6.08 Å². The summed E-state index contributed by atoms with van der Waals surface area (Å²) in [5, 5.41) is 32.0. The highest BCUT2D eigenvalue weighted by molar-refractivity contribution is 6.14. The predicted molar refractivity (Wildman–Crippen MR) is 88.4 cm³/mol. The number of allylic oxidation sites excluding steroid dienone is 3. The Kier molecular flexibility index (Phi) is 2.97. The number of rotatable bonds is 0. The lowest BCUT2D eigenvalue weighted by molar-refractivity contribution is 0.103. The second-order valence-electron chi connectivity index (χ2n) is 6.66. The average molecular weight is 326 g/mol. The van der Waals surface area contributed by atoms with Gasteiger partial charge < -0.3 is 19.7 Å². The van der Waals surface area contributed by atoms with Gasteiger partial charge in [0.15, 0.2) is 17.1 Å². The van der Waals surface area contributed by atoms with Crippen LogP contribution in [0.2, 0.25) is 0 Å². The number of carbonyl (C=O) groups is 1. The van der Waals surface area contributed by atoms with E-state index in [0.717, 1.165) is 16.7 Å². The summed E-state index contributed by atoms with van der Waals surface area (Å²) in [5.41, 5.74) is 3.10. The summed E-state index contributed by atoms with van der Waals surface area (Å²) in [5.74, 6) is -0.456. The lowest BCUT2D eigenvalue weighted by Gasteiger charge is -2.35. The topological polar surface area (TPSA) is 90.9 Å². The minimum Gasteiger partial charge on any atom is -0.506 e. The molecule has 0 fully saturated rings. The zero-order chi connectivity index (χ0) is 17.3. The molecule has 5 heteroatoms. The maximum atomic E-state index is 12.6. The number of aliphatic hydroxyl groups excluding tert-OH is 1. The van der Waals surface area contributed by atoms with E-state index in [-0.39, 0.29) is 34.3 Å². The standard InChI is InChI=1S/C19H18O5/c1-7-4-12-17(22)16-14(21)5-10-8(2)9(3)13(20)6-11(10)15(16)18(23)19(12)24-7/h4-5,11,13,20,22-23H,6H2,1-3H3/t11-,13+/m1/s1. The van der Waals surface area contributed by atoms with E-state index in [4.69, 9.17) is 4.42 Å². The number of aliphatic hydroxyl groups is 1. The number of aromatic hydroxyl groups is 2. The fourth-order valence-electron chi connectivity index (χ4n) is 3.92. The van der Waals surface area contributed by atoms with Gasteiger partial charge in [-0.1, -0.05) is 0 Å². The van der Waals surface area contributed by atoms with Gasteiger partial charge >= 0.3 is 0 Å². The molecule has 2 aromatic rings. The Balaban J connectivity index is 2.08. The van der Waals surface area contributed by atoms with Crippen LogP contribution in [0, 0.1) is 6.92 Å². The normalized spacial score (nSPS) is 23.3. The first kappa shape index (κ1) is 15.0. The molecule has 1 heterocycles. The number of carbonyl (C=O) groups excluding carboxylic acids is 1. The van der Waals surface area contributed by atoms with Gasteiger partial charge in [0, 0.05) is 11.5 Å². The second kappa shape index (κ2) is 4.74. The molecule has 0 spiro atoms. The van der Waals surface area contributed by atoms with Crippen LogP contribution in [-0.2, 0) is 0 Å². The van der Waals surface area contributed by atoms with Crippen LogP contribution in [0.4, 0.5) is 0 Å². The van der Waals surface area contributed by atoms with Crippen molar-refractivity contribution in [1.82, 2.24) is 0 Å². The molecule has 124 valence electrons. The van der Waals surface area contributed by atoms with Crippen LogP contribution in [-0.4, -0.2) is 27.2 Å². The Hall–Kier alpha value is -2.53. The highest BCUT2D eigenvalue weighted by atomic mass is 16.4. The Morgan fingerprint density at radius 2 is 1.88 bits per heavy atom. The molecule has 5 nitrogen and oxygen atoms in total. The van der Waals surface area contributed by atoms with Crippen LogP contribution in [0.15, 0.2) is 33.3 Å². The number of furan rings is 1. The molecule has 2 atom stereocenters. The number of hydrogen-bond donors (Lipinski definition) is 3. The highest BCUT2D eigenvalue weighted by Crippen LogP contribution is 2.52. The van der Waals surface area contributed by atoms with Crippen LogP contribution in [0.25, 0.3) is 11.0 Å². The van der Waals surface area contributed by atoms with Gasteiger partial charge in [-0.05, 0) is 56.1 Å². The number of ketones is 1. The van der Waals surface area contributed by atoms with Gasteiger partial charge in [-0.3, -0.25) is 4.79 Å². The van der Waals surface area contributed by atoms with Gasteiger partial charge in [0.1, 0.15) is 11.5 Å². The number of phenols is 2. The molecule has 3 N–H and O–H groups in total. The van der Waals surface area contributed by atoms with Crippen molar-refractivity contribution < 1.29 is 24.5 Å². The number of benzene rings is 1. The van der Waals surface area contributed by atoms with E-state index >= 15 is 0 Å². The van der Waals surface area contributed by atoms with Gasteiger partial charge in [-0.15, -0.1) is 0 Å². The Bertz CT molecular complexity index is 974. The van der Waals surface area contributed by atoms with Crippen LogP contribution >= 0.6 is 0 Å². The molecule has 4 rings (SSSR count). The fourth-order valence-corrected chi connectivity index (χ4v) is 3.92. The second-order valence-corrected chi connectivity index (χ2v) is 6.66. The molecule has 0 radical (unpaired) electrons. The monoisotopic (exact) mass is 326 g/mol. The molecule has 0 saturated heterocycles. The molecule has 1 aromatic carbocycles. The Labute approximate surface area is 138 Å². The van der Waals surface area contributed by atoms with E-state index in [1.807, 2.05) is 13.8 Å². The summed E-state index contributed by atoms with van der Waals surface area (Å²) < 4.78 is 5.52. The van der Waals surface area contributed by atoms with Crippen molar-refractivity contribution in [1.29, 1.82) is 0 Å². The summed E-state index contributed by atoms with van der Waals surface area (Å²) in [6.45, 7) is 5.42. The third-order valence-electron chi connectivity index (χ3n) is 5.33.